The Morgan fingerprint density at radius 1 is 0.930 bits per heavy atom. The summed E-state index contributed by atoms with van der Waals surface area (Å²) in [6.45, 7) is 6.70. The van der Waals surface area contributed by atoms with Crippen LogP contribution < -0.4 is 0 Å². The maximum atomic E-state index is 12.8. The van der Waals surface area contributed by atoms with Crippen LogP contribution in [0, 0.1) is 28.6 Å². The van der Waals surface area contributed by atoms with Crippen molar-refractivity contribution in [3.8, 4) is 0 Å². The van der Waals surface area contributed by atoms with Crippen molar-refractivity contribution in [3.63, 3.8) is 0 Å². The summed E-state index contributed by atoms with van der Waals surface area (Å²) in [5.41, 5.74) is -4.58. The lowest BCUT2D eigenvalue weighted by atomic mass is 9.40. The van der Waals surface area contributed by atoms with Gasteiger partial charge in [0, 0.05) is 57.9 Å². The predicted molar refractivity (Wildman–Crippen MR) is 146 cm³/mol. The van der Waals surface area contributed by atoms with Crippen molar-refractivity contribution in [2.75, 3.05) is 13.2 Å². The van der Waals surface area contributed by atoms with E-state index in [1.54, 1.807) is 0 Å². The first-order valence-electron chi connectivity index (χ1n) is 15.0. The van der Waals surface area contributed by atoms with Gasteiger partial charge in [0.05, 0.1) is 16.6 Å². The van der Waals surface area contributed by atoms with Crippen LogP contribution in [-0.4, -0.2) is 82.8 Å². The highest BCUT2D eigenvalue weighted by Gasteiger charge is 2.77. The molecule has 5 aliphatic rings. The standard InChI is InChI=1S/C31H42O12/c1-16(32)40-15-30-25(43-19(4)35)11-21(41-17(2)33)12-29(30,37)8-6-23-27(30)24(42-18(3)34)13-28(5)22(7-9-31(23,28)38)20-10-26(36)39-14-20/h10,21-25,27,37-38H,6-9,11-15H2,1-5H3/t21-,22-,23-,24-,25-,27-,28+,29+,30+,31-/m0/s1. The summed E-state index contributed by atoms with van der Waals surface area (Å²) in [4.78, 5) is 61.4. The Morgan fingerprint density at radius 3 is 2.19 bits per heavy atom. The van der Waals surface area contributed by atoms with Crippen molar-refractivity contribution in [2.45, 2.75) is 109 Å². The molecule has 10 atom stereocenters. The molecule has 0 aromatic rings. The Labute approximate surface area is 250 Å². The number of cyclic esters (lactones) is 1. The zero-order valence-corrected chi connectivity index (χ0v) is 25.4. The highest BCUT2D eigenvalue weighted by molar-refractivity contribution is 5.85. The smallest absolute Gasteiger partial charge is 0.331 e. The third kappa shape index (κ3) is 4.94. The van der Waals surface area contributed by atoms with Crippen LogP contribution in [0.15, 0.2) is 11.6 Å². The van der Waals surface area contributed by atoms with Crippen LogP contribution in [0.5, 0.6) is 0 Å². The topological polar surface area (TPSA) is 172 Å². The van der Waals surface area contributed by atoms with Crippen molar-refractivity contribution >= 4 is 29.8 Å². The number of rotatable bonds is 6. The molecule has 0 aromatic carbocycles. The van der Waals surface area contributed by atoms with Crippen LogP contribution >= 0.6 is 0 Å². The van der Waals surface area contributed by atoms with Crippen molar-refractivity contribution in [1.82, 2.24) is 0 Å². The van der Waals surface area contributed by atoms with E-state index in [0.717, 1.165) is 5.57 Å². The molecule has 0 saturated heterocycles. The first-order valence-corrected chi connectivity index (χ1v) is 15.0. The fourth-order valence-electron chi connectivity index (χ4n) is 9.80. The maximum absolute atomic E-state index is 12.8. The van der Waals surface area contributed by atoms with Crippen LogP contribution in [0.1, 0.15) is 79.6 Å². The number of ether oxygens (including phenoxy) is 5. The van der Waals surface area contributed by atoms with Crippen LogP contribution in [0.3, 0.4) is 0 Å². The summed E-state index contributed by atoms with van der Waals surface area (Å²) >= 11 is 0. The summed E-state index contributed by atoms with van der Waals surface area (Å²) < 4.78 is 28.3. The average molecular weight is 607 g/mol. The van der Waals surface area contributed by atoms with Gasteiger partial charge in [0.2, 0.25) is 0 Å². The second-order valence-electron chi connectivity index (χ2n) is 13.4. The Bertz CT molecular complexity index is 1240. The molecule has 1 aliphatic heterocycles. The van der Waals surface area contributed by atoms with Gasteiger partial charge in [-0.25, -0.2) is 4.79 Å². The van der Waals surface area contributed by atoms with Gasteiger partial charge >= 0.3 is 29.8 Å². The molecule has 0 amide bonds. The second-order valence-corrected chi connectivity index (χ2v) is 13.4. The minimum atomic E-state index is -1.68. The minimum absolute atomic E-state index is 0.0173. The first-order chi connectivity index (χ1) is 20.1. The van der Waals surface area contributed by atoms with Gasteiger partial charge in [-0.15, -0.1) is 0 Å². The lowest BCUT2D eigenvalue weighted by molar-refractivity contribution is -0.320. The van der Waals surface area contributed by atoms with Crippen molar-refractivity contribution in [2.24, 2.45) is 28.6 Å². The number of esters is 5. The quantitative estimate of drug-likeness (QED) is 0.333. The molecular formula is C31H42O12. The highest BCUT2D eigenvalue weighted by Crippen LogP contribution is 2.71. The number of hydrogen-bond donors (Lipinski definition) is 2. The first kappa shape index (κ1) is 31.4. The molecule has 0 aromatic heterocycles. The lowest BCUT2D eigenvalue weighted by Gasteiger charge is -2.68. The van der Waals surface area contributed by atoms with E-state index in [2.05, 4.69) is 0 Å². The summed E-state index contributed by atoms with van der Waals surface area (Å²) in [6, 6.07) is 0. The van der Waals surface area contributed by atoms with Gasteiger partial charge in [-0.1, -0.05) is 6.92 Å². The molecule has 0 radical (unpaired) electrons. The van der Waals surface area contributed by atoms with Gasteiger partial charge < -0.3 is 33.9 Å². The molecule has 0 spiro atoms. The summed E-state index contributed by atoms with van der Waals surface area (Å²) in [5.74, 6) is -4.43. The zero-order chi connectivity index (χ0) is 31.5. The van der Waals surface area contributed by atoms with Crippen molar-refractivity contribution in [1.29, 1.82) is 0 Å². The lowest BCUT2D eigenvalue weighted by Crippen LogP contribution is -2.76. The maximum Gasteiger partial charge on any atom is 0.331 e. The van der Waals surface area contributed by atoms with E-state index in [1.807, 2.05) is 6.92 Å². The van der Waals surface area contributed by atoms with Crippen LogP contribution in [0.25, 0.3) is 0 Å². The van der Waals surface area contributed by atoms with E-state index in [-0.39, 0.29) is 44.8 Å². The Kier molecular flexibility index (Phi) is 7.95. The number of aliphatic hydroxyl groups is 2. The Morgan fingerprint density at radius 2 is 1.60 bits per heavy atom. The molecule has 5 rings (SSSR count). The average Bonchev–Trinajstić information content (AvgIpc) is 3.41. The number of carbonyl (C=O) groups is 5. The van der Waals surface area contributed by atoms with Gasteiger partial charge in [0.15, 0.2) is 0 Å². The van der Waals surface area contributed by atoms with E-state index in [1.165, 1.54) is 33.8 Å². The Hall–Kier alpha value is -2.99. The largest absolute Gasteiger partial charge is 0.465 e. The summed E-state index contributed by atoms with van der Waals surface area (Å²) in [5, 5.41) is 25.4. The van der Waals surface area contributed by atoms with E-state index >= 15 is 0 Å². The van der Waals surface area contributed by atoms with Crippen LogP contribution in [0.2, 0.25) is 0 Å². The minimum Gasteiger partial charge on any atom is -0.465 e. The molecule has 4 saturated carbocycles. The SMILES string of the molecule is CC(=O)OC[C@@]12[C@@H]3[C@@H](OC(C)=O)C[C@]4(C)[C@H](C5=CC(=O)OC5)CC[C@]4(O)[C@H]3CC[C@@]1(O)C[C@@H](OC(C)=O)C[C@@H]2OC(C)=O. The number of fused-ring (bicyclic) bond motifs is 5. The van der Waals surface area contributed by atoms with Gasteiger partial charge in [0.25, 0.3) is 0 Å². The molecule has 43 heavy (non-hydrogen) atoms. The molecule has 1 heterocycles. The molecule has 2 N–H and O–H groups in total. The zero-order valence-electron chi connectivity index (χ0n) is 25.4. The predicted octanol–water partition coefficient (Wildman–Crippen LogP) is 1.92. The van der Waals surface area contributed by atoms with Gasteiger partial charge in [-0.2, -0.15) is 0 Å². The van der Waals surface area contributed by atoms with E-state index in [9.17, 15) is 34.2 Å². The molecule has 12 heteroatoms. The second kappa shape index (κ2) is 10.9. The normalized spacial score (nSPS) is 43.2. The molecule has 4 aliphatic carbocycles. The molecule has 12 nitrogen and oxygen atoms in total. The highest BCUT2D eigenvalue weighted by atomic mass is 16.6. The fourth-order valence-corrected chi connectivity index (χ4v) is 9.80. The van der Waals surface area contributed by atoms with Gasteiger partial charge in [-0.05, 0) is 49.5 Å². The molecule has 0 bridgehead atoms. The molecule has 238 valence electrons. The number of hydrogen-bond acceptors (Lipinski definition) is 12. The third-order valence-corrected chi connectivity index (χ3v) is 11.2. The monoisotopic (exact) mass is 606 g/mol. The van der Waals surface area contributed by atoms with E-state index in [0.29, 0.717) is 19.3 Å². The number of carbonyl (C=O) groups excluding carboxylic acids is 5. The van der Waals surface area contributed by atoms with Gasteiger partial charge in [-0.3, -0.25) is 19.2 Å². The van der Waals surface area contributed by atoms with Gasteiger partial charge in [0.1, 0.15) is 31.5 Å². The molecule has 0 unspecified atom stereocenters. The fraction of sp³-hybridized carbons (Fsp3) is 0.774. The van der Waals surface area contributed by atoms with E-state index < -0.39 is 82.0 Å². The van der Waals surface area contributed by atoms with Crippen molar-refractivity contribution < 1.29 is 57.9 Å². The Balaban J connectivity index is 1.68. The van der Waals surface area contributed by atoms with Crippen LogP contribution in [-0.2, 0) is 47.7 Å². The molecule has 4 fully saturated rings. The van der Waals surface area contributed by atoms with Crippen molar-refractivity contribution in [3.05, 3.63) is 11.6 Å². The summed E-state index contributed by atoms with van der Waals surface area (Å²) in [6.07, 6.45) is 0.250. The molecular weight excluding hydrogens is 564 g/mol. The van der Waals surface area contributed by atoms with Crippen LogP contribution in [0.4, 0.5) is 0 Å². The van der Waals surface area contributed by atoms with E-state index in [4.69, 9.17) is 23.7 Å². The third-order valence-electron chi connectivity index (χ3n) is 11.2. The summed E-state index contributed by atoms with van der Waals surface area (Å²) in [7, 11) is 0.